The van der Waals surface area contributed by atoms with Crippen LogP contribution in [0.3, 0.4) is 0 Å². The highest BCUT2D eigenvalue weighted by Crippen LogP contribution is 2.38. The van der Waals surface area contributed by atoms with E-state index in [1.165, 1.54) is 0 Å². The highest BCUT2D eigenvalue weighted by Gasteiger charge is 2.34. The van der Waals surface area contributed by atoms with Gasteiger partial charge in [-0.2, -0.15) is 0 Å². The van der Waals surface area contributed by atoms with Crippen molar-refractivity contribution in [1.82, 2.24) is 9.88 Å². The topological polar surface area (TPSA) is 62.7 Å². The molecule has 0 bridgehead atoms. The summed E-state index contributed by atoms with van der Waals surface area (Å²) in [5.41, 5.74) is 3.43. The number of anilines is 1. The molecule has 3 aromatic rings. The van der Waals surface area contributed by atoms with Gasteiger partial charge in [-0.25, -0.2) is 4.98 Å². The fraction of sp³-hybridized carbons (Fsp3) is 0.320. The minimum atomic E-state index is -0.619. The molecule has 0 radical (unpaired) electrons. The lowest BCUT2D eigenvalue weighted by atomic mass is 10.1. The zero-order chi connectivity index (χ0) is 22.1. The maximum atomic E-state index is 13.0. The van der Waals surface area contributed by atoms with Gasteiger partial charge in [0.05, 0.1) is 11.4 Å². The molecule has 2 aliphatic rings. The van der Waals surface area contributed by atoms with Crippen molar-refractivity contribution in [2.75, 3.05) is 24.5 Å². The Labute approximate surface area is 191 Å². The second kappa shape index (κ2) is 8.74. The van der Waals surface area contributed by atoms with Gasteiger partial charge in [-0.1, -0.05) is 30.3 Å². The molecule has 1 unspecified atom stereocenters. The first kappa shape index (κ1) is 20.7. The number of rotatable bonds is 4. The van der Waals surface area contributed by atoms with Crippen molar-refractivity contribution in [2.24, 2.45) is 0 Å². The summed E-state index contributed by atoms with van der Waals surface area (Å²) in [5.74, 6) is 0.414. The van der Waals surface area contributed by atoms with Crippen molar-refractivity contribution in [1.29, 1.82) is 0 Å². The van der Waals surface area contributed by atoms with Crippen LogP contribution in [-0.2, 0) is 9.59 Å². The molecule has 32 heavy (non-hydrogen) atoms. The van der Waals surface area contributed by atoms with E-state index in [1.54, 1.807) is 23.2 Å². The first-order valence-electron chi connectivity index (χ1n) is 11.0. The van der Waals surface area contributed by atoms with Crippen LogP contribution in [0.4, 0.5) is 5.69 Å². The van der Waals surface area contributed by atoms with Crippen LogP contribution >= 0.6 is 11.3 Å². The molecule has 6 nitrogen and oxygen atoms in total. The van der Waals surface area contributed by atoms with Crippen LogP contribution in [-0.4, -0.2) is 47.4 Å². The van der Waals surface area contributed by atoms with Gasteiger partial charge in [-0.05, 0) is 44.4 Å². The molecule has 1 atom stereocenters. The number of hydrogen-bond donors (Lipinski definition) is 0. The number of carbonyl (C=O) groups excluding carboxylic acids is 2. The normalized spacial score (nSPS) is 18.3. The Morgan fingerprint density at radius 1 is 1.09 bits per heavy atom. The van der Waals surface area contributed by atoms with E-state index >= 15 is 0 Å². The predicted molar refractivity (Wildman–Crippen MR) is 126 cm³/mol. The van der Waals surface area contributed by atoms with Crippen LogP contribution < -0.4 is 9.64 Å². The minimum absolute atomic E-state index is 0.0106. The maximum absolute atomic E-state index is 13.0. The SMILES string of the molecule is CC1Oc2ccc(-c3csc(-c4ccccc4)n3)cc2N(CC(=O)N2CCCCC2)C1=O. The quantitative estimate of drug-likeness (QED) is 0.586. The molecule has 164 valence electrons. The van der Waals surface area contributed by atoms with Crippen molar-refractivity contribution >= 4 is 28.8 Å². The van der Waals surface area contributed by atoms with E-state index in [9.17, 15) is 9.59 Å². The van der Waals surface area contributed by atoms with Crippen molar-refractivity contribution in [3.63, 3.8) is 0 Å². The standard InChI is InChI=1S/C25H25N3O3S/c1-17-25(30)28(15-23(29)27-12-6-3-7-13-27)21-14-19(10-11-22(21)31-17)20-16-32-24(26-20)18-8-4-2-5-9-18/h2,4-5,8-11,14,16-17H,3,6-7,12-13,15H2,1H3. The lowest BCUT2D eigenvalue weighted by Gasteiger charge is -2.35. The average Bonchev–Trinajstić information content (AvgIpc) is 3.33. The van der Waals surface area contributed by atoms with Crippen molar-refractivity contribution in [2.45, 2.75) is 32.3 Å². The molecule has 3 heterocycles. The van der Waals surface area contributed by atoms with E-state index in [0.29, 0.717) is 11.4 Å². The maximum Gasteiger partial charge on any atom is 0.268 e. The molecule has 1 aromatic heterocycles. The Balaban J connectivity index is 1.45. The van der Waals surface area contributed by atoms with Gasteiger partial charge in [0.25, 0.3) is 5.91 Å². The first-order valence-corrected chi connectivity index (χ1v) is 11.9. The Bertz CT molecular complexity index is 1140. The van der Waals surface area contributed by atoms with Crippen molar-refractivity contribution in [3.05, 3.63) is 53.9 Å². The summed E-state index contributed by atoms with van der Waals surface area (Å²) in [6.45, 7) is 3.29. The number of nitrogens with zero attached hydrogens (tertiary/aromatic N) is 3. The van der Waals surface area contributed by atoms with Crippen molar-refractivity contribution < 1.29 is 14.3 Å². The monoisotopic (exact) mass is 447 g/mol. The highest BCUT2D eigenvalue weighted by molar-refractivity contribution is 7.13. The second-order valence-corrected chi connectivity index (χ2v) is 9.07. The molecular formula is C25H25N3O3S. The highest BCUT2D eigenvalue weighted by atomic mass is 32.1. The second-order valence-electron chi connectivity index (χ2n) is 8.21. The lowest BCUT2D eigenvalue weighted by Crippen LogP contribution is -2.50. The number of thiazole rings is 1. The largest absolute Gasteiger partial charge is 0.479 e. The Kier molecular flexibility index (Phi) is 5.66. The summed E-state index contributed by atoms with van der Waals surface area (Å²) in [6.07, 6.45) is 2.58. The molecule has 1 saturated heterocycles. The third-order valence-corrected chi connectivity index (χ3v) is 6.88. The number of ether oxygens (including phenoxy) is 1. The Hall–Kier alpha value is -3.19. The number of fused-ring (bicyclic) bond motifs is 1. The van der Waals surface area contributed by atoms with Gasteiger partial charge >= 0.3 is 0 Å². The van der Waals surface area contributed by atoms with Crippen LogP contribution in [0.15, 0.2) is 53.9 Å². The fourth-order valence-electron chi connectivity index (χ4n) is 4.23. The van der Waals surface area contributed by atoms with Crippen LogP contribution in [0.1, 0.15) is 26.2 Å². The van der Waals surface area contributed by atoms with Crippen LogP contribution in [0.5, 0.6) is 5.75 Å². The third kappa shape index (κ3) is 4.00. The molecule has 0 aliphatic carbocycles. The summed E-state index contributed by atoms with van der Waals surface area (Å²) < 4.78 is 5.83. The van der Waals surface area contributed by atoms with Crippen molar-refractivity contribution in [3.8, 4) is 27.6 Å². The molecule has 5 rings (SSSR count). The zero-order valence-corrected chi connectivity index (χ0v) is 18.8. The number of hydrogen-bond acceptors (Lipinski definition) is 5. The van der Waals surface area contributed by atoms with Gasteiger partial charge in [0.2, 0.25) is 5.91 Å². The average molecular weight is 448 g/mol. The molecule has 7 heteroatoms. The summed E-state index contributed by atoms with van der Waals surface area (Å²) in [5, 5.41) is 2.96. The summed E-state index contributed by atoms with van der Waals surface area (Å²) >= 11 is 1.58. The molecule has 0 saturated carbocycles. The third-order valence-electron chi connectivity index (χ3n) is 5.99. The van der Waals surface area contributed by atoms with E-state index in [1.807, 2.05) is 58.8 Å². The lowest BCUT2D eigenvalue weighted by molar-refractivity contribution is -0.133. The molecule has 2 aromatic carbocycles. The van der Waals surface area contributed by atoms with E-state index in [4.69, 9.17) is 9.72 Å². The zero-order valence-electron chi connectivity index (χ0n) is 18.0. The van der Waals surface area contributed by atoms with Crippen LogP contribution in [0, 0.1) is 0 Å². The molecule has 0 N–H and O–H groups in total. The van der Waals surface area contributed by atoms with Gasteiger partial charge in [-0.3, -0.25) is 14.5 Å². The van der Waals surface area contributed by atoms with E-state index in [-0.39, 0.29) is 18.4 Å². The number of piperidine rings is 1. The summed E-state index contributed by atoms with van der Waals surface area (Å²) in [6, 6.07) is 15.8. The van der Waals surface area contributed by atoms with Crippen LogP contribution in [0.25, 0.3) is 21.8 Å². The molecule has 1 fully saturated rings. The van der Waals surface area contributed by atoms with Gasteiger partial charge in [-0.15, -0.1) is 11.3 Å². The number of likely N-dealkylation sites (tertiary alicyclic amines) is 1. The molecule has 2 aliphatic heterocycles. The predicted octanol–water partition coefficient (Wildman–Crippen LogP) is 4.60. The molecule has 2 amide bonds. The number of aromatic nitrogens is 1. The van der Waals surface area contributed by atoms with E-state index in [2.05, 4.69) is 0 Å². The summed E-state index contributed by atoms with van der Waals surface area (Å²) in [7, 11) is 0. The molecular weight excluding hydrogens is 422 g/mol. The Morgan fingerprint density at radius 3 is 2.66 bits per heavy atom. The number of benzene rings is 2. The first-order chi connectivity index (χ1) is 15.6. The minimum Gasteiger partial charge on any atom is -0.479 e. The molecule has 0 spiro atoms. The van der Waals surface area contributed by atoms with E-state index < -0.39 is 6.10 Å². The number of amides is 2. The van der Waals surface area contributed by atoms with Gasteiger partial charge in [0.1, 0.15) is 17.3 Å². The summed E-state index contributed by atoms with van der Waals surface area (Å²) in [4.78, 5) is 34.1. The smallest absolute Gasteiger partial charge is 0.268 e. The number of carbonyl (C=O) groups is 2. The van der Waals surface area contributed by atoms with Gasteiger partial charge < -0.3 is 9.64 Å². The van der Waals surface area contributed by atoms with Crippen LogP contribution in [0.2, 0.25) is 0 Å². The fourth-order valence-corrected chi connectivity index (χ4v) is 5.06. The van der Waals surface area contributed by atoms with E-state index in [0.717, 1.165) is 54.2 Å². The Morgan fingerprint density at radius 2 is 1.88 bits per heavy atom. The van der Waals surface area contributed by atoms with Gasteiger partial charge in [0, 0.05) is 29.6 Å². The van der Waals surface area contributed by atoms with Gasteiger partial charge in [0.15, 0.2) is 6.10 Å².